The Labute approximate surface area is 296 Å². The molecule has 6 aromatic carbocycles. The van der Waals surface area contributed by atoms with Crippen LogP contribution >= 0.6 is 0 Å². The molecule has 0 aliphatic rings. The number of aromatic nitrogens is 3. The largest absolute Gasteiger partial charge is 0.507 e. The first-order chi connectivity index (χ1) is 24.8. The molecule has 0 fully saturated rings. The highest BCUT2D eigenvalue weighted by molar-refractivity contribution is 6.11. The molecule has 0 spiro atoms. The van der Waals surface area contributed by atoms with Crippen LogP contribution in [-0.4, -0.2) is 19.6 Å². The second-order valence-corrected chi connectivity index (χ2v) is 14.0. The summed E-state index contributed by atoms with van der Waals surface area (Å²) in [6.45, 7) is 6.71. The minimum absolute atomic E-state index is 0.0637. The van der Waals surface area contributed by atoms with Gasteiger partial charge >= 0.3 is 0 Å². The fraction of sp³-hybridized carbons (Fsp3) is 0.0870. The number of phenols is 1. The third-order valence-electron chi connectivity index (χ3n) is 9.76. The number of fused-ring (bicyclic) bond motifs is 4. The first-order valence-corrected chi connectivity index (χ1v) is 17.2. The van der Waals surface area contributed by atoms with E-state index in [4.69, 9.17) is 9.40 Å². The molecule has 0 unspecified atom stereocenters. The summed E-state index contributed by atoms with van der Waals surface area (Å²) in [6, 6.07) is 49.5. The van der Waals surface area contributed by atoms with Crippen LogP contribution in [0.1, 0.15) is 26.3 Å². The molecule has 0 radical (unpaired) electrons. The predicted octanol–water partition coefficient (Wildman–Crippen LogP) is 12.0. The first kappa shape index (κ1) is 30.6. The molecular weight excluding hydrogens is 627 g/mol. The van der Waals surface area contributed by atoms with Crippen LogP contribution in [0.2, 0.25) is 0 Å². The zero-order valence-electron chi connectivity index (χ0n) is 28.6. The van der Waals surface area contributed by atoms with E-state index in [9.17, 15) is 5.11 Å². The maximum atomic E-state index is 11.7. The van der Waals surface area contributed by atoms with Gasteiger partial charge in [-0.05, 0) is 76.7 Å². The van der Waals surface area contributed by atoms with Crippen LogP contribution in [0.4, 0.5) is 0 Å². The van der Waals surface area contributed by atoms with E-state index < -0.39 is 0 Å². The molecule has 0 aliphatic carbocycles. The number of benzene rings is 6. The van der Waals surface area contributed by atoms with E-state index in [-0.39, 0.29) is 11.2 Å². The molecular formula is C46H35N3O2. The quantitative estimate of drug-likeness (QED) is 0.199. The topological polar surface area (TPSA) is 64.1 Å². The molecule has 0 atom stereocenters. The van der Waals surface area contributed by atoms with Crippen molar-refractivity contribution in [3.05, 3.63) is 157 Å². The van der Waals surface area contributed by atoms with Crippen molar-refractivity contribution in [3.63, 3.8) is 0 Å². The Balaban J connectivity index is 1.39. The van der Waals surface area contributed by atoms with Gasteiger partial charge in [-0.1, -0.05) is 112 Å². The summed E-state index contributed by atoms with van der Waals surface area (Å²) in [5.41, 5.74) is 11.9. The normalized spacial score (nSPS) is 11.9. The molecule has 246 valence electrons. The molecule has 5 nitrogen and oxygen atoms in total. The standard InChI is InChI=1S/C46H35N3O2/c1-46(2,3)32-22-24-38(36(28-32)29-13-5-4-6-14-29)49-39-20-12-18-33(30-15-11-16-31(27-30)37-19-9-10-26-47-37)43(39)48-45(49)42-40(50)25-23-35-34-17-7-8-21-41(34)51-44(35)42/h4-28,50H,1-3H3. The number of phenolic OH excluding ortho intramolecular Hbond substituents is 1. The van der Waals surface area contributed by atoms with Crippen molar-refractivity contribution < 1.29 is 9.52 Å². The van der Waals surface area contributed by atoms with Crippen molar-refractivity contribution >= 4 is 33.0 Å². The number of imidazole rings is 1. The van der Waals surface area contributed by atoms with Gasteiger partial charge in [-0.15, -0.1) is 0 Å². The van der Waals surface area contributed by atoms with Crippen LogP contribution in [0.3, 0.4) is 0 Å². The smallest absolute Gasteiger partial charge is 0.153 e. The number of nitrogens with zero attached hydrogens (tertiary/aromatic N) is 3. The number of hydrogen-bond acceptors (Lipinski definition) is 4. The van der Waals surface area contributed by atoms with Gasteiger partial charge in [0.1, 0.15) is 22.5 Å². The minimum Gasteiger partial charge on any atom is -0.507 e. The number of para-hydroxylation sites is 2. The maximum Gasteiger partial charge on any atom is 0.153 e. The van der Waals surface area contributed by atoms with Gasteiger partial charge in [0.25, 0.3) is 0 Å². The third-order valence-corrected chi connectivity index (χ3v) is 9.76. The highest BCUT2D eigenvalue weighted by Crippen LogP contribution is 2.45. The maximum absolute atomic E-state index is 11.7. The zero-order valence-corrected chi connectivity index (χ0v) is 28.6. The van der Waals surface area contributed by atoms with E-state index in [0.29, 0.717) is 17.0 Å². The van der Waals surface area contributed by atoms with Gasteiger partial charge in [0.2, 0.25) is 0 Å². The highest BCUT2D eigenvalue weighted by atomic mass is 16.3. The molecule has 9 rings (SSSR count). The van der Waals surface area contributed by atoms with Crippen LogP contribution in [0, 0.1) is 0 Å². The van der Waals surface area contributed by atoms with E-state index in [1.54, 1.807) is 6.07 Å². The van der Waals surface area contributed by atoms with Gasteiger partial charge in [0.15, 0.2) is 5.82 Å². The summed E-state index contributed by atoms with van der Waals surface area (Å²) >= 11 is 0. The second-order valence-electron chi connectivity index (χ2n) is 14.0. The first-order valence-electron chi connectivity index (χ1n) is 17.2. The predicted molar refractivity (Wildman–Crippen MR) is 208 cm³/mol. The summed E-state index contributed by atoms with van der Waals surface area (Å²) < 4.78 is 8.74. The monoisotopic (exact) mass is 661 g/mol. The summed E-state index contributed by atoms with van der Waals surface area (Å²) in [7, 11) is 0. The van der Waals surface area contributed by atoms with Gasteiger partial charge in [-0.3, -0.25) is 9.55 Å². The lowest BCUT2D eigenvalue weighted by molar-refractivity contribution is 0.476. The minimum atomic E-state index is -0.0637. The Kier molecular flexibility index (Phi) is 7.11. The molecule has 0 saturated carbocycles. The Morgan fingerprint density at radius 3 is 2.22 bits per heavy atom. The average molecular weight is 662 g/mol. The summed E-state index contributed by atoms with van der Waals surface area (Å²) in [5, 5.41) is 13.7. The SMILES string of the molecule is CC(C)(C)c1ccc(-n2c(-c3c(O)ccc4c3oc3ccccc34)nc3c(-c4cccc(-c5ccccn5)c4)cccc32)c(-c2ccccc2)c1. The number of pyridine rings is 1. The van der Waals surface area contributed by atoms with Gasteiger partial charge in [-0.2, -0.15) is 0 Å². The Bertz CT molecular complexity index is 2740. The second kappa shape index (κ2) is 11.9. The van der Waals surface area contributed by atoms with Gasteiger partial charge in [0.05, 0.1) is 22.4 Å². The van der Waals surface area contributed by atoms with Crippen LogP contribution in [0.15, 0.2) is 156 Å². The molecule has 9 aromatic rings. The van der Waals surface area contributed by atoms with Crippen LogP contribution in [0.5, 0.6) is 5.75 Å². The van der Waals surface area contributed by atoms with Crippen molar-refractivity contribution in [2.75, 3.05) is 0 Å². The molecule has 0 bridgehead atoms. The Morgan fingerprint density at radius 2 is 1.39 bits per heavy atom. The lowest BCUT2D eigenvalue weighted by Gasteiger charge is -2.23. The number of hydrogen-bond donors (Lipinski definition) is 1. The van der Waals surface area contributed by atoms with Gasteiger partial charge in [0, 0.05) is 33.7 Å². The number of furan rings is 1. The summed E-state index contributed by atoms with van der Waals surface area (Å²) in [6.07, 6.45) is 1.82. The van der Waals surface area contributed by atoms with E-state index in [1.165, 1.54) is 5.56 Å². The molecule has 0 aliphatic heterocycles. The van der Waals surface area contributed by atoms with Crippen LogP contribution in [-0.2, 0) is 5.41 Å². The average Bonchev–Trinajstić information content (AvgIpc) is 3.73. The third kappa shape index (κ3) is 5.17. The molecule has 0 saturated heterocycles. The lowest BCUT2D eigenvalue weighted by atomic mass is 9.85. The van der Waals surface area contributed by atoms with E-state index in [0.717, 1.165) is 66.6 Å². The van der Waals surface area contributed by atoms with E-state index >= 15 is 0 Å². The fourth-order valence-corrected chi connectivity index (χ4v) is 7.16. The Morgan fingerprint density at radius 1 is 0.627 bits per heavy atom. The van der Waals surface area contributed by atoms with Crippen molar-refractivity contribution in [1.82, 2.24) is 14.5 Å². The highest BCUT2D eigenvalue weighted by Gasteiger charge is 2.26. The molecule has 0 amide bonds. The molecule has 5 heteroatoms. The van der Waals surface area contributed by atoms with Crippen molar-refractivity contribution in [1.29, 1.82) is 0 Å². The van der Waals surface area contributed by atoms with E-state index in [1.807, 2.05) is 54.7 Å². The molecule has 3 heterocycles. The molecule has 51 heavy (non-hydrogen) atoms. The molecule has 1 N–H and O–H groups in total. The molecule has 3 aromatic heterocycles. The van der Waals surface area contributed by atoms with Gasteiger partial charge in [-0.25, -0.2) is 4.98 Å². The van der Waals surface area contributed by atoms with Crippen LogP contribution in [0.25, 0.3) is 83.6 Å². The number of aromatic hydroxyl groups is 1. The zero-order chi connectivity index (χ0) is 34.7. The van der Waals surface area contributed by atoms with Gasteiger partial charge < -0.3 is 9.52 Å². The van der Waals surface area contributed by atoms with E-state index in [2.05, 4.69) is 121 Å². The summed E-state index contributed by atoms with van der Waals surface area (Å²) in [5.74, 6) is 0.700. The van der Waals surface area contributed by atoms with Crippen molar-refractivity contribution in [3.8, 4) is 56.3 Å². The lowest BCUT2D eigenvalue weighted by Crippen LogP contribution is -2.12. The summed E-state index contributed by atoms with van der Waals surface area (Å²) in [4.78, 5) is 10.1. The van der Waals surface area contributed by atoms with Crippen molar-refractivity contribution in [2.24, 2.45) is 0 Å². The fourth-order valence-electron chi connectivity index (χ4n) is 7.16. The number of rotatable bonds is 5. The Hall–Kier alpha value is -6.46. The van der Waals surface area contributed by atoms with Crippen LogP contribution < -0.4 is 0 Å². The van der Waals surface area contributed by atoms with Crippen molar-refractivity contribution in [2.45, 2.75) is 26.2 Å².